The Kier molecular flexibility index (Phi) is 7.24. The summed E-state index contributed by atoms with van der Waals surface area (Å²) in [7, 11) is -3.37. The van der Waals surface area contributed by atoms with E-state index in [-0.39, 0.29) is 18.9 Å². The van der Waals surface area contributed by atoms with Crippen molar-refractivity contribution in [2.75, 3.05) is 6.54 Å². The second-order valence-corrected chi connectivity index (χ2v) is 9.43. The van der Waals surface area contributed by atoms with E-state index in [1.165, 1.54) is 0 Å². The van der Waals surface area contributed by atoms with Crippen LogP contribution in [-0.2, 0) is 14.8 Å². The summed E-state index contributed by atoms with van der Waals surface area (Å²) < 4.78 is 28.9. The minimum atomic E-state index is -3.37. The van der Waals surface area contributed by atoms with E-state index < -0.39 is 20.7 Å². The summed E-state index contributed by atoms with van der Waals surface area (Å²) in [5.41, 5.74) is 5.09. The molecule has 0 spiro atoms. The molecule has 0 bridgehead atoms. The Morgan fingerprint density at radius 1 is 1.17 bits per heavy atom. The Morgan fingerprint density at radius 3 is 2.38 bits per heavy atom. The smallest absolute Gasteiger partial charge is 0.273 e. The van der Waals surface area contributed by atoms with Gasteiger partial charge in [0.05, 0.1) is 10.4 Å². The highest BCUT2D eigenvalue weighted by atomic mass is 32.2. The summed E-state index contributed by atoms with van der Waals surface area (Å²) in [5.74, 6) is -0.814. The van der Waals surface area contributed by atoms with E-state index in [9.17, 15) is 18.0 Å². The lowest BCUT2D eigenvalue weighted by Crippen LogP contribution is -2.41. The SMILES string of the molecule is Cc1nnsc1C(=O)NNC(=O)CCCCNS(=O)(=O)C(C)(C)C. The maximum atomic E-state index is 11.8. The summed E-state index contributed by atoms with van der Waals surface area (Å²) in [6.45, 7) is 6.77. The molecule has 0 radical (unpaired) electrons. The molecule has 2 amide bonds. The van der Waals surface area contributed by atoms with E-state index in [1.54, 1.807) is 27.7 Å². The van der Waals surface area contributed by atoms with Crippen molar-refractivity contribution >= 4 is 33.4 Å². The molecule has 24 heavy (non-hydrogen) atoms. The lowest BCUT2D eigenvalue weighted by molar-refractivity contribution is -0.121. The number of carbonyl (C=O) groups is 2. The molecular weight excluding hydrogens is 354 g/mol. The first-order valence-corrected chi connectivity index (χ1v) is 9.67. The molecule has 0 saturated carbocycles. The molecule has 0 aliphatic carbocycles. The van der Waals surface area contributed by atoms with Crippen LogP contribution >= 0.6 is 11.5 Å². The molecule has 1 aromatic heterocycles. The molecule has 0 fully saturated rings. The Morgan fingerprint density at radius 2 is 1.83 bits per heavy atom. The molecule has 0 unspecified atom stereocenters. The number of aryl methyl sites for hydroxylation is 1. The van der Waals surface area contributed by atoms with Gasteiger partial charge in [0.2, 0.25) is 15.9 Å². The zero-order valence-electron chi connectivity index (χ0n) is 14.2. The predicted octanol–water partition coefficient (Wildman–Crippen LogP) is 0.496. The summed E-state index contributed by atoms with van der Waals surface area (Å²) >= 11 is 0.948. The van der Waals surface area contributed by atoms with Gasteiger partial charge in [-0.2, -0.15) is 0 Å². The van der Waals surface area contributed by atoms with Crippen molar-refractivity contribution in [3.63, 3.8) is 0 Å². The monoisotopic (exact) mass is 377 g/mol. The molecule has 1 rings (SSSR count). The van der Waals surface area contributed by atoms with E-state index in [4.69, 9.17) is 0 Å². The fourth-order valence-electron chi connectivity index (χ4n) is 1.52. The topological polar surface area (TPSA) is 130 Å². The maximum absolute atomic E-state index is 11.8. The molecule has 1 aromatic rings. The molecule has 0 saturated heterocycles. The van der Waals surface area contributed by atoms with Crippen LogP contribution in [0.2, 0.25) is 0 Å². The third kappa shape index (κ3) is 6.13. The molecule has 0 aliphatic rings. The number of hydrogen-bond donors (Lipinski definition) is 3. The average molecular weight is 377 g/mol. The zero-order valence-corrected chi connectivity index (χ0v) is 15.8. The van der Waals surface area contributed by atoms with Crippen LogP contribution in [0.3, 0.4) is 0 Å². The van der Waals surface area contributed by atoms with Crippen molar-refractivity contribution in [1.29, 1.82) is 0 Å². The minimum Gasteiger partial charge on any atom is -0.273 e. The van der Waals surface area contributed by atoms with Crippen LogP contribution < -0.4 is 15.6 Å². The van der Waals surface area contributed by atoms with Crippen molar-refractivity contribution in [2.24, 2.45) is 0 Å². The quantitative estimate of drug-likeness (QED) is 0.468. The molecule has 0 atom stereocenters. The van der Waals surface area contributed by atoms with Gasteiger partial charge in [-0.3, -0.25) is 20.4 Å². The van der Waals surface area contributed by atoms with Gasteiger partial charge >= 0.3 is 0 Å². The number of sulfonamides is 1. The molecule has 136 valence electrons. The second kappa shape index (κ2) is 8.49. The van der Waals surface area contributed by atoms with Crippen LogP contribution in [0.5, 0.6) is 0 Å². The summed E-state index contributed by atoms with van der Waals surface area (Å²) in [5, 5.41) is 3.71. The van der Waals surface area contributed by atoms with Crippen LogP contribution in [-0.4, -0.2) is 41.1 Å². The predicted molar refractivity (Wildman–Crippen MR) is 90.8 cm³/mol. The third-order valence-electron chi connectivity index (χ3n) is 3.10. The number of carbonyl (C=O) groups excluding carboxylic acids is 2. The van der Waals surface area contributed by atoms with Gasteiger partial charge in [0.1, 0.15) is 4.88 Å². The second-order valence-electron chi connectivity index (χ2n) is 6.16. The maximum Gasteiger partial charge on any atom is 0.283 e. The van der Waals surface area contributed by atoms with Crippen molar-refractivity contribution < 1.29 is 18.0 Å². The molecule has 1 heterocycles. The van der Waals surface area contributed by atoms with Crippen molar-refractivity contribution in [2.45, 2.75) is 51.7 Å². The zero-order chi connectivity index (χ0) is 18.4. The average Bonchev–Trinajstić information content (AvgIpc) is 2.89. The third-order valence-corrected chi connectivity index (χ3v) is 6.13. The summed E-state index contributed by atoms with van der Waals surface area (Å²) in [6, 6.07) is 0. The summed E-state index contributed by atoms with van der Waals surface area (Å²) in [6.07, 6.45) is 1.20. The normalized spacial score (nSPS) is 12.0. The number of hydrogen-bond acceptors (Lipinski definition) is 7. The molecule has 0 aliphatic heterocycles. The first kappa shape index (κ1) is 20.5. The lowest BCUT2D eigenvalue weighted by atomic mass is 10.2. The van der Waals surface area contributed by atoms with Gasteiger partial charge in [-0.15, -0.1) is 5.10 Å². The van der Waals surface area contributed by atoms with Gasteiger partial charge in [-0.25, -0.2) is 13.1 Å². The van der Waals surface area contributed by atoms with Gasteiger partial charge in [0.25, 0.3) is 5.91 Å². The van der Waals surface area contributed by atoms with Crippen molar-refractivity contribution in [1.82, 2.24) is 25.2 Å². The van der Waals surface area contributed by atoms with E-state index in [2.05, 4.69) is 25.2 Å². The Labute approximate surface area is 145 Å². The molecule has 0 aromatic carbocycles. The molecule has 9 nitrogen and oxygen atoms in total. The number of rotatable bonds is 7. The first-order chi connectivity index (χ1) is 11.0. The van der Waals surface area contributed by atoms with E-state index in [0.29, 0.717) is 23.4 Å². The summed E-state index contributed by atoms with van der Waals surface area (Å²) in [4.78, 5) is 23.7. The standard InChI is InChI=1S/C13H23N5O4S2/c1-9-11(23-18-15-9)12(20)17-16-10(19)7-5-6-8-14-24(21,22)13(2,3)4/h14H,5-8H2,1-4H3,(H,16,19)(H,17,20). The number of nitrogens with one attached hydrogen (secondary N) is 3. The Bertz CT molecular complexity index is 679. The van der Waals surface area contributed by atoms with Gasteiger partial charge in [-0.1, -0.05) is 4.49 Å². The van der Waals surface area contributed by atoms with Gasteiger partial charge in [0, 0.05) is 13.0 Å². The van der Waals surface area contributed by atoms with Crippen LogP contribution in [0.4, 0.5) is 0 Å². The van der Waals surface area contributed by atoms with E-state index in [1.807, 2.05) is 0 Å². The Balaban J connectivity index is 2.21. The van der Waals surface area contributed by atoms with Crippen LogP contribution in [0.25, 0.3) is 0 Å². The molecule has 11 heteroatoms. The fourth-order valence-corrected chi connectivity index (χ4v) is 2.92. The number of nitrogens with zero attached hydrogens (tertiary/aromatic N) is 2. The van der Waals surface area contributed by atoms with Crippen LogP contribution in [0.1, 0.15) is 55.4 Å². The highest BCUT2D eigenvalue weighted by Crippen LogP contribution is 2.13. The van der Waals surface area contributed by atoms with Crippen LogP contribution in [0, 0.1) is 6.92 Å². The van der Waals surface area contributed by atoms with Gasteiger partial charge in [-0.05, 0) is 52.1 Å². The number of amides is 2. The molecular formula is C13H23N5O4S2. The van der Waals surface area contributed by atoms with Crippen LogP contribution in [0.15, 0.2) is 0 Å². The minimum absolute atomic E-state index is 0.178. The molecule has 3 N–H and O–H groups in total. The van der Waals surface area contributed by atoms with Gasteiger partial charge in [0.15, 0.2) is 0 Å². The number of aromatic nitrogens is 2. The van der Waals surface area contributed by atoms with E-state index in [0.717, 1.165) is 11.5 Å². The highest BCUT2D eigenvalue weighted by molar-refractivity contribution is 7.90. The number of hydrazine groups is 1. The van der Waals surface area contributed by atoms with E-state index >= 15 is 0 Å². The lowest BCUT2D eigenvalue weighted by Gasteiger charge is -2.19. The Hall–Kier alpha value is -1.59. The van der Waals surface area contributed by atoms with Crippen molar-refractivity contribution in [3.05, 3.63) is 10.6 Å². The fraction of sp³-hybridized carbons (Fsp3) is 0.692. The first-order valence-electron chi connectivity index (χ1n) is 7.42. The van der Waals surface area contributed by atoms with Crippen molar-refractivity contribution in [3.8, 4) is 0 Å². The largest absolute Gasteiger partial charge is 0.283 e. The van der Waals surface area contributed by atoms with Gasteiger partial charge < -0.3 is 0 Å². The highest BCUT2D eigenvalue weighted by Gasteiger charge is 2.27. The number of unbranched alkanes of at least 4 members (excludes halogenated alkanes) is 1.